The highest BCUT2D eigenvalue weighted by Gasteiger charge is 2.23. The van der Waals surface area contributed by atoms with E-state index < -0.39 is 0 Å². The lowest BCUT2D eigenvalue weighted by Crippen LogP contribution is -2.49. The van der Waals surface area contributed by atoms with E-state index in [4.69, 9.17) is 28.6 Å². The van der Waals surface area contributed by atoms with Crippen molar-refractivity contribution in [2.24, 2.45) is 5.92 Å². The van der Waals surface area contributed by atoms with Crippen LogP contribution in [0.25, 0.3) is 0 Å². The summed E-state index contributed by atoms with van der Waals surface area (Å²) in [5, 5.41) is 6.45. The maximum absolute atomic E-state index is 12.6. The number of nitrogens with zero attached hydrogens (tertiary/aromatic N) is 2. The van der Waals surface area contributed by atoms with Crippen LogP contribution in [0, 0.1) is 5.92 Å². The normalized spacial score (nSPS) is 13.7. The average molecular weight is 517 g/mol. The van der Waals surface area contributed by atoms with Crippen molar-refractivity contribution < 1.29 is 14.3 Å². The smallest absolute Gasteiger partial charge is 0.257 e. The molecule has 0 radical (unpaired) electrons. The van der Waals surface area contributed by atoms with Crippen molar-refractivity contribution in [1.29, 1.82) is 0 Å². The van der Waals surface area contributed by atoms with Crippen molar-refractivity contribution in [3.63, 3.8) is 0 Å². The van der Waals surface area contributed by atoms with E-state index >= 15 is 0 Å². The molecule has 3 rings (SSSR count). The fraction of sp³-hybridized carbons (Fsp3) is 0.423. The second-order valence-corrected chi connectivity index (χ2v) is 10.1. The van der Waals surface area contributed by atoms with Crippen molar-refractivity contribution in [3.05, 3.63) is 53.1 Å². The number of thiocarbonyl (C=S) groups is 1. The van der Waals surface area contributed by atoms with Crippen LogP contribution in [-0.2, 0) is 4.79 Å². The Hall–Kier alpha value is -2.84. The van der Waals surface area contributed by atoms with Gasteiger partial charge < -0.3 is 19.9 Å². The van der Waals surface area contributed by atoms with Crippen LogP contribution in [0.15, 0.2) is 42.5 Å². The number of piperazine rings is 1. The molecule has 0 aliphatic carbocycles. The van der Waals surface area contributed by atoms with Crippen LogP contribution in [0.1, 0.15) is 44.5 Å². The molecule has 188 valence electrons. The number of benzene rings is 2. The van der Waals surface area contributed by atoms with Crippen LogP contribution in [0.4, 0.5) is 11.4 Å². The number of hydrogen-bond acceptors (Lipinski definition) is 5. The highest BCUT2D eigenvalue weighted by molar-refractivity contribution is 7.80. The minimum absolute atomic E-state index is 0.0139. The third-order valence-electron chi connectivity index (χ3n) is 5.46. The van der Waals surface area contributed by atoms with E-state index in [0.717, 1.165) is 18.8 Å². The minimum Gasteiger partial charge on any atom is -0.491 e. The number of hydrogen-bond donors (Lipinski definition) is 2. The van der Waals surface area contributed by atoms with Crippen LogP contribution in [0.3, 0.4) is 0 Å². The molecule has 9 heteroatoms. The number of nitrogens with one attached hydrogen (secondary N) is 2. The minimum atomic E-state index is -0.329. The van der Waals surface area contributed by atoms with Gasteiger partial charge >= 0.3 is 0 Å². The summed E-state index contributed by atoms with van der Waals surface area (Å²) < 4.78 is 5.65. The van der Waals surface area contributed by atoms with Crippen LogP contribution in [-0.4, -0.2) is 54.1 Å². The van der Waals surface area contributed by atoms with Gasteiger partial charge in [-0.05, 0) is 68.4 Å². The number of rotatable bonds is 7. The van der Waals surface area contributed by atoms with Crippen LogP contribution in [0.2, 0.25) is 5.02 Å². The first-order valence-electron chi connectivity index (χ1n) is 11.8. The fourth-order valence-corrected chi connectivity index (χ4v) is 4.35. The Labute approximate surface area is 217 Å². The third kappa shape index (κ3) is 7.83. The Bertz CT molecular complexity index is 1070. The molecule has 1 aliphatic rings. The molecule has 7 nitrogen and oxygen atoms in total. The van der Waals surface area contributed by atoms with E-state index in [9.17, 15) is 9.59 Å². The van der Waals surface area contributed by atoms with Crippen molar-refractivity contribution in [1.82, 2.24) is 10.2 Å². The van der Waals surface area contributed by atoms with E-state index in [2.05, 4.69) is 29.4 Å². The lowest BCUT2D eigenvalue weighted by Gasteiger charge is -2.37. The molecular weight excluding hydrogens is 484 g/mol. The zero-order valence-corrected chi connectivity index (χ0v) is 22.2. The quantitative estimate of drug-likeness (QED) is 0.507. The Balaban J connectivity index is 1.55. The average Bonchev–Trinajstić information content (AvgIpc) is 2.78. The first-order valence-corrected chi connectivity index (χ1v) is 12.6. The largest absolute Gasteiger partial charge is 0.491 e. The molecule has 2 N–H and O–H groups in total. The summed E-state index contributed by atoms with van der Waals surface area (Å²) in [7, 11) is 0. The summed E-state index contributed by atoms with van der Waals surface area (Å²) in [6.45, 7) is 10.8. The molecule has 35 heavy (non-hydrogen) atoms. The molecule has 0 bridgehead atoms. The first-order chi connectivity index (χ1) is 16.6. The summed E-state index contributed by atoms with van der Waals surface area (Å²) in [4.78, 5) is 29.0. The predicted molar refractivity (Wildman–Crippen MR) is 146 cm³/mol. The maximum atomic E-state index is 12.6. The van der Waals surface area contributed by atoms with Gasteiger partial charge in [0.1, 0.15) is 5.75 Å². The lowest BCUT2D eigenvalue weighted by molar-refractivity contribution is -0.132. The number of ether oxygens (including phenoxy) is 1. The summed E-state index contributed by atoms with van der Waals surface area (Å²) >= 11 is 11.9. The molecule has 0 saturated carbocycles. The monoisotopic (exact) mass is 516 g/mol. The van der Waals surface area contributed by atoms with Crippen LogP contribution >= 0.6 is 23.8 Å². The molecule has 1 aliphatic heterocycles. The van der Waals surface area contributed by atoms with Gasteiger partial charge in [0, 0.05) is 43.9 Å². The summed E-state index contributed by atoms with van der Waals surface area (Å²) in [5.41, 5.74) is 2.03. The molecule has 1 saturated heterocycles. The van der Waals surface area contributed by atoms with Crippen molar-refractivity contribution in [3.8, 4) is 5.75 Å². The highest BCUT2D eigenvalue weighted by atomic mass is 35.5. The Morgan fingerprint density at radius 3 is 2.40 bits per heavy atom. The third-order valence-corrected chi connectivity index (χ3v) is 5.96. The molecule has 2 amide bonds. The molecule has 1 heterocycles. The Morgan fingerprint density at radius 1 is 1.06 bits per heavy atom. The van der Waals surface area contributed by atoms with Gasteiger partial charge in [-0.1, -0.05) is 31.5 Å². The molecule has 0 aromatic heterocycles. The summed E-state index contributed by atoms with van der Waals surface area (Å²) in [6.07, 6.45) is 0.592. The zero-order chi connectivity index (χ0) is 25.5. The van der Waals surface area contributed by atoms with Gasteiger partial charge in [-0.3, -0.25) is 14.9 Å². The second-order valence-electron chi connectivity index (χ2n) is 9.23. The van der Waals surface area contributed by atoms with Crippen LogP contribution < -0.4 is 20.3 Å². The van der Waals surface area contributed by atoms with Gasteiger partial charge in [-0.2, -0.15) is 0 Å². The lowest BCUT2D eigenvalue weighted by atomic mass is 10.1. The summed E-state index contributed by atoms with van der Waals surface area (Å²) in [6, 6.07) is 12.5. The highest BCUT2D eigenvalue weighted by Crippen LogP contribution is 2.30. The molecule has 0 atom stereocenters. The molecule has 0 spiro atoms. The van der Waals surface area contributed by atoms with E-state index in [1.54, 1.807) is 30.3 Å². The van der Waals surface area contributed by atoms with Gasteiger partial charge in [-0.25, -0.2) is 0 Å². The molecule has 2 aromatic rings. The van der Waals surface area contributed by atoms with E-state index in [1.807, 2.05) is 30.9 Å². The molecule has 1 fully saturated rings. The van der Waals surface area contributed by atoms with Gasteiger partial charge in [0.15, 0.2) is 5.11 Å². The van der Waals surface area contributed by atoms with Crippen molar-refractivity contribution >= 4 is 52.1 Å². The Morgan fingerprint density at radius 2 is 1.77 bits per heavy atom. The fourth-order valence-electron chi connectivity index (χ4n) is 3.84. The predicted octanol–water partition coefficient (Wildman–Crippen LogP) is 4.95. The number of carbonyl (C=O) groups is 2. The van der Waals surface area contributed by atoms with Crippen molar-refractivity contribution in [2.45, 2.75) is 40.2 Å². The van der Waals surface area contributed by atoms with E-state index in [1.165, 1.54) is 0 Å². The van der Waals surface area contributed by atoms with E-state index in [-0.39, 0.29) is 23.0 Å². The maximum Gasteiger partial charge on any atom is 0.257 e. The first kappa shape index (κ1) is 26.8. The van der Waals surface area contributed by atoms with Gasteiger partial charge in [0.05, 0.1) is 16.8 Å². The van der Waals surface area contributed by atoms with E-state index in [0.29, 0.717) is 47.5 Å². The SMILES string of the molecule is CC(C)CC(=O)N1CCN(c2ccc(NC(=S)NC(=O)c3cccc(OC(C)C)c3)cc2Cl)CC1. The second kappa shape index (κ2) is 12.2. The number of anilines is 2. The number of halogens is 1. The standard InChI is InChI=1S/C26H33ClN4O3S/c1-17(2)14-24(32)31-12-10-30(11-13-31)23-9-8-20(16-22(23)27)28-26(35)29-25(33)19-6-5-7-21(15-19)34-18(3)4/h5-9,15-18H,10-14H2,1-4H3,(H2,28,29,33,35). The topological polar surface area (TPSA) is 73.9 Å². The molecular formula is C26H33ClN4O3S. The number of amides is 2. The molecule has 0 unspecified atom stereocenters. The van der Waals surface area contributed by atoms with Crippen molar-refractivity contribution in [2.75, 3.05) is 36.4 Å². The van der Waals surface area contributed by atoms with Gasteiger partial charge in [-0.15, -0.1) is 0 Å². The summed E-state index contributed by atoms with van der Waals surface area (Å²) in [5.74, 6) is 0.860. The van der Waals surface area contributed by atoms with Gasteiger partial charge in [0.2, 0.25) is 5.91 Å². The van der Waals surface area contributed by atoms with Crippen LogP contribution in [0.5, 0.6) is 5.75 Å². The Kier molecular flexibility index (Phi) is 9.34. The zero-order valence-electron chi connectivity index (χ0n) is 20.6. The molecule has 2 aromatic carbocycles. The number of carbonyl (C=O) groups excluding carboxylic acids is 2. The van der Waals surface area contributed by atoms with Gasteiger partial charge in [0.25, 0.3) is 5.91 Å².